The van der Waals surface area contributed by atoms with Gasteiger partial charge >= 0.3 is 0 Å². The van der Waals surface area contributed by atoms with Gasteiger partial charge in [0.1, 0.15) is 5.69 Å². The second kappa shape index (κ2) is 5.09. The minimum absolute atomic E-state index is 0.521. The van der Waals surface area contributed by atoms with Gasteiger partial charge in [0.25, 0.3) is 0 Å². The number of hydrogen-bond acceptors (Lipinski definition) is 2. The molecule has 22 heavy (non-hydrogen) atoms. The minimum atomic E-state index is 0.521. The summed E-state index contributed by atoms with van der Waals surface area (Å²) in [5.41, 5.74) is 7.39. The van der Waals surface area contributed by atoms with E-state index in [1.165, 1.54) is 22.3 Å². The van der Waals surface area contributed by atoms with Crippen LogP contribution in [0.3, 0.4) is 0 Å². The Labute approximate surface area is 130 Å². The zero-order valence-electron chi connectivity index (χ0n) is 13.0. The molecule has 1 heterocycles. The van der Waals surface area contributed by atoms with Gasteiger partial charge in [0.05, 0.1) is 5.69 Å². The fourth-order valence-corrected chi connectivity index (χ4v) is 3.58. The highest BCUT2D eigenvalue weighted by atomic mass is 15.4. The van der Waals surface area contributed by atoms with Gasteiger partial charge in [-0.2, -0.15) is 0 Å². The SMILES string of the molecule is CCC1Cc2ccccc2-c2c(nnn2C)-c2ccccc21. The highest BCUT2D eigenvalue weighted by Crippen LogP contribution is 2.41. The van der Waals surface area contributed by atoms with Crippen LogP contribution in [0.25, 0.3) is 22.5 Å². The van der Waals surface area contributed by atoms with Crippen LogP contribution in [0.2, 0.25) is 0 Å². The van der Waals surface area contributed by atoms with Gasteiger partial charge in [0.2, 0.25) is 0 Å². The van der Waals surface area contributed by atoms with E-state index in [0.29, 0.717) is 5.92 Å². The second-order valence-corrected chi connectivity index (χ2v) is 5.96. The highest BCUT2D eigenvalue weighted by Gasteiger charge is 2.25. The number of aryl methyl sites for hydroxylation is 1. The van der Waals surface area contributed by atoms with E-state index in [2.05, 4.69) is 65.8 Å². The van der Waals surface area contributed by atoms with E-state index in [9.17, 15) is 0 Å². The third-order valence-corrected chi connectivity index (χ3v) is 4.71. The Bertz CT molecular complexity index is 832. The number of nitrogens with zero attached hydrogens (tertiary/aromatic N) is 3. The molecule has 0 bridgehead atoms. The Balaban J connectivity index is 2.09. The maximum atomic E-state index is 4.48. The molecule has 0 N–H and O–H groups in total. The normalized spacial score (nSPS) is 16.2. The van der Waals surface area contributed by atoms with Gasteiger partial charge in [-0.1, -0.05) is 60.7 Å². The van der Waals surface area contributed by atoms with Gasteiger partial charge in [0.15, 0.2) is 0 Å². The summed E-state index contributed by atoms with van der Waals surface area (Å²) in [6, 6.07) is 17.3. The van der Waals surface area contributed by atoms with Crippen molar-refractivity contribution in [3.63, 3.8) is 0 Å². The van der Waals surface area contributed by atoms with Crippen molar-refractivity contribution < 1.29 is 0 Å². The summed E-state index contributed by atoms with van der Waals surface area (Å²) in [5, 5.41) is 8.78. The molecule has 0 radical (unpaired) electrons. The Morgan fingerprint density at radius 2 is 1.77 bits per heavy atom. The number of rotatable bonds is 1. The molecule has 1 atom stereocenters. The molecule has 0 aliphatic heterocycles. The van der Waals surface area contributed by atoms with E-state index in [-0.39, 0.29) is 0 Å². The first-order valence-corrected chi connectivity index (χ1v) is 7.86. The molecule has 0 amide bonds. The molecule has 110 valence electrons. The third-order valence-electron chi connectivity index (χ3n) is 4.71. The second-order valence-electron chi connectivity index (χ2n) is 5.96. The average molecular weight is 289 g/mol. The molecule has 0 fully saturated rings. The van der Waals surface area contributed by atoms with Crippen molar-refractivity contribution in [3.05, 3.63) is 59.7 Å². The van der Waals surface area contributed by atoms with Gasteiger partial charge in [-0.25, -0.2) is 4.68 Å². The van der Waals surface area contributed by atoms with Crippen molar-refractivity contribution in [2.45, 2.75) is 25.7 Å². The fraction of sp³-hybridized carbons (Fsp3) is 0.263. The lowest BCUT2D eigenvalue weighted by molar-refractivity contribution is 0.660. The largest absolute Gasteiger partial charge is 0.247 e. The van der Waals surface area contributed by atoms with Crippen molar-refractivity contribution in [2.75, 3.05) is 0 Å². The molecule has 3 nitrogen and oxygen atoms in total. The number of benzene rings is 2. The van der Waals surface area contributed by atoms with Gasteiger partial charge < -0.3 is 0 Å². The summed E-state index contributed by atoms with van der Waals surface area (Å²) < 4.78 is 1.90. The topological polar surface area (TPSA) is 30.7 Å². The van der Waals surface area contributed by atoms with E-state index in [1.807, 2.05) is 11.7 Å². The molecular weight excluding hydrogens is 270 g/mol. The first-order valence-electron chi connectivity index (χ1n) is 7.86. The molecule has 0 saturated carbocycles. The van der Waals surface area contributed by atoms with Crippen LogP contribution in [0.1, 0.15) is 30.4 Å². The van der Waals surface area contributed by atoms with Gasteiger partial charge in [-0.3, -0.25) is 0 Å². The number of aromatic nitrogens is 3. The Hall–Kier alpha value is -2.42. The predicted molar refractivity (Wildman–Crippen MR) is 88.6 cm³/mol. The lowest BCUT2D eigenvalue weighted by Crippen LogP contribution is -2.09. The van der Waals surface area contributed by atoms with Crippen molar-refractivity contribution >= 4 is 0 Å². The van der Waals surface area contributed by atoms with Crippen LogP contribution in [0.5, 0.6) is 0 Å². The highest BCUT2D eigenvalue weighted by molar-refractivity contribution is 5.82. The fourth-order valence-electron chi connectivity index (χ4n) is 3.58. The molecule has 1 unspecified atom stereocenters. The average Bonchev–Trinajstić information content (AvgIpc) is 2.92. The first-order chi connectivity index (χ1) is 10.8. The first kappa shape index (κ1) is 13.3. The predicted octanol–water partition coefficient (Wildman–Crippen LogP) is 4.20. The molecule has 0 saturated heterocycles. The zero-order valence-corrected chi connectivity index (χ0v) is 13.0. The van der Waals surface area contributed by atoms with Crippen molar-refractivity contribution in [2.24, 2.45) is 7.05 Å². The standard InChI is InChI=1S/C19H19N3/c1-3-13-12-14-8-4-5-10-16(14)19-18(20-21-22(19)2)17-11-7-6-9-15(13)17/h4-11,13H,3,12H2,1-2H3. The van der Waals surface area contributed by atoms with E-state index in [4.69, 9.17) is 0 Å². The summed E-state index contributed by atoms with van der Waals surface area (Å²) in [6.45, 7) is 2.27. The van der Waals surface area contributed by atoms with Crippen molar-refractivity contribution in [1.82, 2.24) is 15.0 Å². The Morgan fingerprint density at radius 1 is 1.05 bits per heavy atom. The minimum Gasteiger partial charge on any atom is -0.247 e. The van der Waals surface area contributed by atoms with Crippen molar-refractivity contribution in [1.29, 1.82) is 0 Å². The van der Waals surface area contributed by atoms with E-state index >= 15 is 0 Å². The smallest absolute Gasteiger partial charge is 0.121 e. The quantitative estimate of drug-likeness (QED) is 0.672. The van der Waals surface area contributed by atoms with Crippen LogP contribution in [0.4, 0.5) is 0 Å². The zero-order chi connectivity index (χ0) is 15.1. The number of hydrogen-bond donors (Lipinski definition) is 0. The van der Waals surface area contributed by atoms with E-state index in [1.54, 1.807) is 0 Å². The lowest BCUT2D eigenvalue weighted by atomic mass is 9.81. The monoisotopic (exact) mass is 289 g/mol. The van der Waals surface area contributed by atoms with Crippen LogP contribution in [-0.4, -0.2) is 15.0 Å². The maximum Gasteiger partial charge on any atom is 0.121 e. The molecule has 4 rings (SSSR count). The molecule has 3 heteroatoms. The summed E-state index contributed by atoms with van der Waals surface area (Å²) >= 11 is 0. The molecule has 1 aliphatic carbocycles. The molecule has 1 aliphatic rings. The summed E-state index contributed by atoms with van der Waals surface area (Å²) in [4.78, 5) is 0. The third kappa shape index (κ3) is 1.89. The van der Waals surface area contributed by atoms with Gasteiger partial charge in [0, 0.05) is 18.2 Å². The maximum absolute atomic E-state index is 4.48. The Kier molecular flexibility index (Phi) is 3.07. The Morgan fingerprint density at radius 3 is 2.59 bits per heavy atom. The molecule has 3 aromatic rings. The molecule has 1 aromatic heterocycles. The van der Waals surface area contributed by atoms with Crippen molar-refractivity contribution in [3.8, 4) is 22.5 Å². The van der Waals surface area contributed by atoms with E-state index < -0.39 is 0 Å². The molecular formula is C19H19N3. The van der Waals surface area contributed by atoms with Crippen LogP contribution in [0, 0.1) is 0 Å². The van der Waals surface area contributed by atoms with Crippen LogP contribution in [-0.2, 0) is 13.5 Å². The van der Waals surface area contributed by atoms with Crippen LogP contribution in [0.15, 0.2) is 48.5 Å². The number of fused-ring (bicyclic) bond motifs is 5. The van der Waals surface area contributed by atoms with Gasteiger partial charge in [-0.15, -0.1) is 5.10 Å². The van der Waals surface area contributed by atoms with Crippen LogP contribution < -0.4 is 0 Å². The molecule has 2 aromatic carbocycles. The van der Waals surface area contributed by atoms with Gasteiger partial charge in [-0.05, 0) is 29.9 Å². The lowest BCUT2D eigenvalue weighted by Gasteiger charge is -2.23. The molecule has 0 spiro atoms. The van der Waals surface area contributed by atoms with Crippen LogP contribution >= 0.6 is 0 Å². The summed E-state index contributed by atoms with van der Waals surface area (Å²) in [5.74, 6) is 0.521. The summed E-state index contributed by atoms with van der Waals surface area (Å²) in [7, 11) is 1.98. The summed E-state index contributed by atoms with van der Waals surface area (Å²) in [6.07, 6.45) is 2.19. The van der Waals surface area contributed by atoms with E-state index in [0.717, 1.165) is 24.2 Å².